The first-order chi connectivity index (χ1) is 10.0. The van der Waals surface area contributed by atoms with Gasteiger partial charge in [-0.3, -0.25) is 9.59 Å². The van der Waals surface area contributed by atoms with Crippen LogP contribution in [0.5, 0.6) is 0 Å². The van der Waals surface area contributed by atoms with Crippen molar-refractivity contribution in [1.82, 2.24) is 10.2 Å². The molecule has 1 saturated carbocycles. The zero-order chi connectivity index (χ0) is 15.5. The van der Waals surface area contributed by atoms with Crippen LogP contribution in [0.15, 0.2) is 0 Å². The maximum Gasteiger partial charge on any atom is 0.225 e. The number of amides is 2. The summed E-state index contributed by atoms with van der Waals surface area (Å²) < 4.78 is 0. The van der Waals surface area contributed by atoms with Crippen molar-refractivity contribution < 1.29 is 9.59 Å². The molecule has 128 valence electrons. The van der Waals surface area contributed by atoms with Gasteiger partial charge in [0.1, 0.15) is 0 Å². The summed E-state index contributed by atoms with van der Waals surface area (Å²) in [5.74, 6) is -0.0663. The fourth-order valence-corrected chi connectivity index (χ4v) is 3.78. The molecule has 6 heteroatoms. The summed E-state index contributed by atoms with van der Waals surface area (Å²) in [4.78, 5) is 26.6. The second-order valence-electron chi connectivity index (χ2n) is 6.60. The van der Waals surface area contributed by atoms with Crippen LogP contribution in [0.3, 0.4) is 0 Å². The number of rotatable bonds is 6. The minimum Gasteiger partial charge on any atom is -0.349 e. The van der Waals surface area contributed by atoms with Gasteiger partial charge in [-0.25, -0.2) is 0 Å². The molecule has 22 heavy (non-hydrogen) atoms. The molecular formula is C16H30ClN3O2. The van der Waals surface area contributed by atoms with E-state index < -0.39 is 0 Å². The molecule has 2 rings (SSSR count). The molecule has 0 aromatic carbocycles. The number of nitrogens with two attached hydrogens (primary N) is 1. The van der Waals surface area contributed by atoms with Gasteiger partial charge in [0.05, 0.1) is 11.5 Å². The molecule has 2 aliphatic rings. The Labute approximate surface area is 139 Å². The van der Waals surface area contributed by atoms with Gasteiger partial charge in [0.15, 0.2) is 0 Å². The van der Waals surface area contributed by atoms with E-state index in [-0.39, 0.29) is 41.7 Å². The lowest BCUT2D eigenvalue weighted by atomic mass is 9.96. The molecular weight excluding hydrogens is 302 g/mol. The predicted octanol–water partition coefficient (Wildman–Crippen LogP) is 1.83. The average molecular weight is 332 g/mol. The summed E-state index contributed by atoms with van der Waals surface area (Å²) in [5.41, 5.74) is 5.65. The van der Waals surface area contributed by atoms with E-state index in [9.17, 15) is 9.59 Å². The molecule has 0 spiro atoms. The van der Waals surface area contributed by atoms with Crippen molar-refractivity contribution in [2.24, 2.45) is 11.7 Å². The minimum absolute atomic E-state index is 0. The third kappa shape index (κ3) is 3.93. The fourth-order valence-electron chi connectivity index (χ4n) is 3.78. The van der Waals surface area contributed by atoms with Crippen LogP contribution in [0.2, 0.25) is 0 Å². The molecule has 1 unspecified atom stereocenters. The standard InChI is InChI=1S/C16H29N3O2.ClH/c1-3-13(4-2)19-10-12(9-14(19)20)15(21)18-16(11-17)7-5-6-8-16;/h12-13H,3-11,17H2,1-2H3,(H,18,21);1H. The second kappa shape index (κ2) is 8.16. The Morgan fingerprint density at radius 3 is 2.45 bits per heavy atom. The van der Waals surface area contributed by atoms with Crippen molar-refractivity contribution >= 4 is 24.2 Å². The molecule has 1 atom stereocenters. The van der Waals surface area contributed by atoms with E-state index in [0.717, 1.165) is 38.5 Å². The van der Waals surface area contributed by atoms with Gasteiger partial charge in [0.25, 0.3) is 0 Å². The van der Waals surface area contributed by atoms with E-state index in [2.05, 4.69) is 19.2 Å². The van der Waals surface area contributed by atoms with Gasteiger partial charge in [-0.2, -0.15) is 0 Å². The van der Waals surface area contributed by atoms with Gasteiger partial charge in [-0.1, -0.05) is 26.7 Å². The molecule has 5 nitrogen and oxygen atoms in total. The summed E-state index contributed by atoms with van der Waals surface area (Å²) in [6.45, 7) is 5.25. The van der Waals surface area contributed by atoms with Crippen LogP contribution in [0, 0.1) is 5.92 Å². The van der Waals surface area contributed by atoms with E-state index in [0.29, 0.717) is 19.5 Å². The first-order valence-corrected chi connectivity index (χ1v) is 8.36. The topological polar surface area (TPSA) is 75.4 Å². The number of hydrogen-bond donors (Lipinski definition) is 2. The highest BCUT2D eigenvalue weighted by atomic mass is 35.5. The molecule has 0 radical (unpaired) electrons. The smallest absolute Gasteiger partial charge is 0.225 e. The Balaban J connectivity index is 0.00000242. The summed E-state index contributed by atoms with van der Waals surface area (Å²) in [7, 11) is 0. The van der Waals surface area contributed by atoms with Crippen molar-refractivity contribution in [3.05, 3.63) is 0 Å². The largest absolute Gasteiger partial charge is 0.349 e. The Morgan fingerprint density at radius 1 is 1.36 bits per heavy atom. The van der Waals surface area contributed by atoms with Gasteiger partial charge in [-0.05, 0) is 25.7 Å². The molecule has 0 bridgehead atoms. The van der Waals surface area contributed by atoms with E-state index in [4.69, 9.17) is 5.73 Å². The van der Waals surface area contributed by atoms with Crippen LogP contribution in [-0.2, 0) is 9.59 Å². The third-order valence-corrected chi connectivity index (χ3v) is 5.25. The Bertz CT molecular complexity index is 393. The van der Waals surface area contributed by atoms with Gasteiger partial charge >= 0.3 is 0 Å². The molecule has 3 N–H and O–H groups in total. The van der Waals surface area contributed by atoms with Crippen molar-refractivity contribution in [2.45, 2.75) is 70.4 Å². The Morgan fingerprint density at radius 2 is 1.95 bits per heavy atom. The molecule has 0 aromatic heterocycles. The SMILES string of the molecule is CCC(CC)N1CC(C(=O)NC2(CN)CCCC2)CC1=O.Cl. The third-order valence-electron chi connectivity index (χ3n) is 5.25. The van der Waals surface area contributed by atoms with E-state index in [1.165, 1.54) is 0 Å². The van der Waals surface area contributed by atoms with E-state index in [1.54, 1.807) is 0 Å². The number of carbonyl (C=O) groups is 2. The molecule has 0 aromatic rings. The van der Waals surface area contributed by atoms with Crippen molar-refractivity contribution in [2.75, 3.05) is 13.1 Å². The van der Waals surface area contributed by atoms with Gasteiger partial charge in [-0.15, -0.1) is 12.4 Å². The van der Waals surface area contributed by atoms with Gasteiger partial charge in [0.2, 0.25) is 11.8 Å². The highest BCUT2D eigenvalue weighted by Gasteiger charge is 2.40. The van der Waals surface area contributed by atoms with Crippen LogP contribution in [-0.4, -0.2) is 41.4 Å². The number of nitrogens with zero attached hydrogens (tertiary/aromatic N) is 1. The second-order valence-corrected chi connectivity index (χ2v) is 6.60. The molecule has 2 fully saturated rings. The first kappa shape index (κ1) is 19.2. The number of nitrogens with one attached hydrogen (secondary N) is 1. The lowest BCUT2D eigenvalue weighted by Crippen LogP contribution is -2.53. The maximum atomic E-state index is 12.5. The highest BCUT2D eigenvalue weighted by Crippen LogP contribution is 2.30. The minimum atomic E-state index is -0.220. The maximum absolute atomic E-state index is 12.5. The average Bonchev–Trinajstić information content (AvgIpc) is 3.09. The van der Waals surface area contributed by atoms with Crippen molar-refractivity contribution in [1.29, 1.82) is 0 Å². The lowest BCUT2D eigenvalue weighted by Gasteiger charge is -2.30. The number of likely N-dealkylation sites (tertiary alicyclic amines) is 1. The zero-order valence-corrected chi connectivity index (χ0v) is 14.6. The monoisotopic (exact) mass is 331 g/mol. The number of halogens is 1. The quantitative estimate of drug-likeness (QED) is 0.779. The number of carbonyl (C=O) groups excluding carboxylic acids is 2. The Kier molecular flexibility index (Phi) is 7.13. The molecule has 2 amide bonds. The molecule has 1 saturated heterocycles. The van der Waals surface area contributed by atoms with Crippen LogP contribution >= 0.6 is 12.4 Å². The predicted molar refractivity (Wildman–Crippen MR) is 89.8 cm³/mol. The first-order valence-electron chi connectivity index (χ1n) is 8.36. The van der Waals surface area contributed by atoms with Crippen LogP contribution < -0.4 is 11.1 Å². The number of hydrogen-bond acceptors (Lipinski definition) is 3. The molecule has 1 aliphatic heterocycles. The normalized spacial score (nSPS) is 23.7. The molecule has 1 heterocycles. The van der Waals surface area contributed by atoms with Crippen LogP contribution in [0.1, 0.15) is 58.8 Å². The van der Waals surface area contributed by atoms with Crippen molar-refractivity contribution in [3.63, 3.8) is 0 Å². The molecule has 1 aliphatic carbocycles. The van der Waals surface area contributed by atoms with Crippen LogP contribution in [0.4, 0.5) is 0 Å². The van der Waals surface area contributed by atoms with Gasteiger partial charge in [0, 0.05) is 25.6 Å². The summed E-state index contributed by atoms with van der Waals surface area (Å²) in [6.07, 6.45) is 6.43. The summed E-state index contributed by atoms with van der Waals surface area (Å²) >= 11 is 0. The van der Waals surface area contributed by atoms with Crippen LogP contribution in [0.25, 0.3) is 0 Å². The van der Waals surface area contributed by atoms with Gasteiger partial charge < -0.3 is 16.0 Å². The lowest BCUT2D eigenvalue weighted by molar-refractivity contribution is -0.130. The summed E-state index contributed by atoms with van der Waals surface area (Å²) in [6, 6.07) is 0.269. The van der Waals surface area contributed by atoms with E-state index in [1.807, 2.05) is 4.90 Å². The Hall–Kier alpha value is -0.810. The van der Waals surface area contributed by atoms with E-state index >= 15 is 0 Å². The zero-order valence-electron chi connectivity index (χ0n) is 13.8. The summed E-state index contributed by atoms with van der Waals surface area (Å²) in [5, 5.41) is 3.16. The van der Waals surface area contributed by atoms with Crippen molar-refractivity contribution in [3.8, 4) is 0 Å². The fraction of sp³-hybridized carbons (Fsp3) is 0.875. The highest BCUT2D eigenvalue weighted by molar-refractivity contribution is 5.89.